The van der Waals surface area contributed by atoms with Crippen LogP contribution in [-0.4, -0.2) is 42.1 Å². The third-order valence-electron chi connectivity index (χ3n) is 5.20. The predicted molar refractivity (Wildman–Crippen MR) is 102 cm³/mol. The first kappa shape index (κ1) is 18.4. The molecule has 2 aromatic rings. The first-order valence-electron chi connectivity index (χ1n) is 9.32. The van der Waals surface area contributed by atoms with E-state index >= 15 is 0 Å². The van der Waals surface area contributed by atoms with Gasteiger partial charge in [-0.15, -0.1) is 0 Å². The standard InChI is InChI=1S/C20H27N5O/c1-4-7-25(22-3)20(26)13(2)23-11-15-9-16(15)18-12-24-19-6-5-14(10-21)8-17(18)19/h5-6,8,12-13,15-16,22-24H,4,7,9,11H2,1-3H3. The molecule has 0 bridgehead atoms. The fourth-order valence-corrected chi connectivity index (χ4v) is 3.58. The number of amides is 1. The van der Waals surface area contributed by atoms with Crippen molar-refractivity contribution in [3.8, 4) is 6.07 Å². The van der Waals surface area contributed by atoms with E-state index in [1.165, 1.54) is 5.56 Å². The zero-order valence-electron chi connectivity index (χ0n) is 15.7. The van der Waals surface area contributed by atoms with Crippen LogP contribution in [0.15, 0.2) is 24.4 Å². The topological polar surface area (TPSA) is 84.0 Å². The van der Waals surface area contributed by atoms with Crippen molar-refractivity contribution in [3.63, 3.8) is 0 Å². The van der Waals surface area contributed by atoms with Crippen LogP contribution in [0.3, 0.4) is 0 Å². The Kier molecular flexibility index (Phi) is 5.60. The van der Waals surface area contributed by atoms with E-state index in [1.54, 1.807) is 12.1 Å². The number of nitrogens with zero attached hydrogens (tertiary/aromatic N) is 2. The van der Waals surface area contributed by atoms with Crippen molar-refractivity contribution >= 4 is 16.8 Å². The van der Waals surface area contributed by atoms with E-state index in [2.05, 4.69) is 34.9 Å². The van der Waals surface area contributed by atoms with Crippen LogP contribution in [0.4, 0.5) is 0 Å². The van der Waals surface area contributed by atoms with Gasteiger partial charge in [-0.25, -0.2) is 5.43 Å². The maximum Gasteiger partial charge on any atom is 0.253 e. The van der Waals surface area contributed by atoms with Crippen molar-refractivity contribution in [3.05, 3.63) is 35.5 Å². The van der Waals surface area contributed by atoms with Gasteiger partial charge in [0.15, 0.2) is 0 Å². The Balaban J connectivity index is 1.58. The summed E-state index contributed by atoms with van der Waals surface area (Å²) in [5.74, 6) is 1.10. The summed E-state index contributed by atoms with van der Waals surface area (Å²) in [7, 11) is 1.78. The smallest absolute Gasteiger partial charge is 0.253 e. The Labute approximate surface area is 154 Å². The number of carbonyl (C=O) groups excluding carboxylic acids is 1. The van der Waals surface area contributed by atoms with E-state index in [9.17, 15) is 4.79 Å². The SMILES string of the molecule is CCCN(NC)C(=O)C(C)NCC1CC1c1c[nH]c2ccc(C#N)cc12. The van der Waals surface area contributed by atoms with Crippen LogP contribution >= 0.6 is 0 Å². The third kappa shape index (κ3) is 3.74. The number of aromatic amines is 1. The average Bonchev–Trinajstić information content (AvgIpc) is 3.32. The molecule has 3 atom stereocenters. The van der Waals surface area contributed by atoms with Gasteiger partial charge in [-0.3, -0.25) is 9.80 Å². The molecule has 138 valence electrons. The summed E-state index contributed by atoms with van der Waals surface area (Å²) in [4.78, 5) is 15.7. The molecule has 26 heavy (non-hydrogen) atoms. The second-order valence-electron chi connectivity index (χ2n) is 7.06. The Morgan fingerprint density at radius 2 is 2.31 bits per heavy atom. The van der Waals surface area contributed by atoms with E-state index in [4.69, 9.17) is 5.26 Å². The Hall–Kier alpha value is -2.36. The van der Waals surface area contributed by atoms with Gasteiger partial charge in [-0.1, -0.05) is 6.92 Å². The predicted octanol–water partition coefficient (Wildman–Crippen LogP) is 2.49. The molecule has 0 radical (unpaired) electrons. The van der Waals surface area contributed by atoms with Gasteiger partial charge in [0.05, 0.1) is 17.7 Å². The van der Waals surface area contributed by atoms with Gasteiger partial charge in [0, 0.05) is 30.7 Å². The van der Waals surface area contributed by atoms with E-state index in [0.717, 1.165) is 30.3 Å². The van der Waals surface area contributed by atoms with Gasteiger partial charge in [-0.2, -0.15) is 5.26 Å². The number of aromatic nitrogens is 1. The lowest BCUT2D eigenvalue weighted by molar-refractivity contribution is -0.135. The molecule has 1 aliphatic rings. The monoisotopic (exact) mass is 353 g/mol. The largest absolute Gasteiger partial charge is 0.361 e. The number of fused-ring (bicyclic) bond motifs is 1. The number of hydrogen-bond acceptors (Lipinski definition) is 4. The van der Waals surface area contributed by atoms with Crippen LogP contribution in [0.25, 0.3) is 10.9 Å². The summed E-state index contributed by atoms with van der Waals surface area (Å²) in [5.41, 5.74) is 6.01. The highest BCUT2D eigenvalue weighted by atomic mass is 16.2. The van der Waals surface area contributed by atoms with Gasteiger partial charge in [-0.05, 0) is 61.9 Å². The van der Waals surface area contributed by atoms with Crippen LogP contribution in [0.1, 0.15) is 43.7 Å². The van der Waals surface area contributed by atoms with Gasteiger partial charge in [0.25, 0.3) is 5.91 Å². The lowest BCUT2D eigenvalue weighted by atomic mass is 10.1. The molecule has 1 fully saturated rings. The number of hydrogen-bond donors (Lipinski definition) is 3. The molecule has 1 aromatic carbocycles. The van der Waals surface area contributed by atoms with Crippen LogP contribution in [0, 0.1) is 17.2 Å². The van der Waals surface area contributed by atoms with Crippen LogP contribution in [0.2, 0.25) is 0 Å². The average molecular weight is 353 g/mol. The second kappa shape index (κ2) is 7.90. The Bertz CT molecular complexity index is 821. The molecule has 1 aromatic heterocycles. The minimum atomic E-state index is -0.205. The quantitative estimate of drug-likeness (QED) is 0.637. The number of H-pyrrole nitrogens is 1. The van der Waals surface area contributed by atoms with Crippen molar-refractivity contribution < 1.29 is 4.79 Å². The minimum absolute atomic E-state index is 0.0808. The normalized spacial score (nSPS) is 19.9. The van der Waals surface area contributed by atoms with Gasteiger partial charge >= 0.3 is 0 Å². The molecule has 6 nitrogen and oxygen atoms in total. The number of carbonyl (C=O) groups is 1. The summed E-state index contributed by atoms with van der Waals surface area (Å²) >= 11 is 0. The summed E-state index contributed by atoms with van der Waals surface area (Å²) in [6, 6.07) is 7.78. The van der Waals surface area contributed by atoms with Crippen molar-refractivity contribution in [2.75, 3.05) is 20.1 Å². The third-order valence-corrected chi connectivity index (χ3v) is 5.20. The maximum absolute atomic E-state index is 12.4. The number of rotatable bonds is 8. The molecule has 1 aliphatic carbocycles. The zero-order chi connectivity index (χ0) is 18.7. The van der Waals surface area contributed by atoms with Crippen LogP contribution in [-0.2, 0) is 4.79 Å². The van der Waals surface area contributed by atoms with Crippen LogP contribution in [0.5, 0.6) is 0 Å². The summed E-state index contributed by atoms with van der Waals surface area (Å²) in [6.07, 6.45) is 4.10. The molecule has 0 aliphatic heterocycles. The molecule has 6 heteroatoms. The Morgan fingerprint density at radius 1 is 1.50 bits per heavy atom. The summed E-state index contributed by atoms with van der Waals surface area (Å²) < 4.78 is 0. The molecule has 3 N–H and O–H groups in total. The highest BCUT2D eigenvalue weighted by Gasteiger charge is 2.39. The Morgan fingerprint density at radius 3 is 3.00 bits per heavy atom. The number of nitrogens with one attached hydrogen (secondary N) is 3. The molecular formula is C20H27N5O. The van der Waals surface area contributed by atoms with E-state index in [-0.39, 0.29) is 11.9 Å². The summed E-state index contributed by atoms with van der Waals surface area (Å²) in [6.45, 7) is 5.52. The van der Waals surface area contributed by atoms with Crippen molar-refractivity contribution in [1.82, 2.24) is 20.7 Å². The van der Waals surface area contributed by atoms with E-state index < -0.39 is 0 Å². The fraction of sp³-hybridized carbons (Fsp3) is 0.500. The molecule has 3 rings (SSSR count). The molecular weight excluding hydrogens is 326 g/mol. The van der Waals surface area contributed by atoms with E-state index in [1.807, 2.05) is 25.1 Å². The molecule has 1 saturated carbocycles. The van der Waals surface area contributed by atoms with Crippen molar-refractivity contribution in [2.45, 2.75) is 38.6 Å². The highest BCUT2D eigenvalue weighted by molar-refractivity contribution is 5.85. The van der Waals surface area contributed by atoms with Gasteiger partial charge < -0.3 is 10.3 Å². The lowest BCUT2D eigenvalue weighted by Crippen LogP contribution is -2.50. The fourth-order valence-electron chi connectivity index (χ4n) is 3.58. The molecule has 3 unspecified atom stereocenters. The number of benzene rings is 1. The lowest BCUT2D eigenvalue weighted by Gasteiger charge is -2.24. The maximum atomic E-state index is 12.4. The van der Waals surface area contributed by atoms with Crippen molar-refractivity contribution in [1.29, 1.82) is 5.26 Å². The molecule has 0 saturated heterocycles. The minimum Gasteiger partial charge on any atom is -0.361 e. The van der Waals surface area contributed by atoms with Gasteiger partial charge in [0.2, 0.25) is 0 Å². The van der Waals surface area contributed by atoms with Crippen molar-refractivity contribution in [2.24, 2.45) is 5.92 Å². The first-order valence-corrected chi connectivity index (χ1v) is 9.32. The molecule has 1 amide bonds. The number of hydrazine groups is 1. The zero-order valence-corrected chi connectivity index (χ0v) is 15.7. The van der Waals surface area contributed by atoms with Gasteiger partial charge in [0.1, 0.15) is 0 Å². The second-order valence-corrected chi connectivity index (χ2v) is 7.06. The van der Waals surface area contributed by atoms with E-state index in [0.29, 0.717) is 23.9 Å². The number of nitriles is 1. The highest BCUT2D eigenvalue weighted by Crippen LogP contribution is 2.49. The van der Waals surface area contributed by atoms with Crippen LogP contribution < -0.4 is 10.7 Å². The molecule has 1 heterocycles. The summed E-state index contributed by atoms with van der Waals surface area (Å²) in [5, 5.41) is 15.3. The first-order chi connectivity index (χ1) is 12.6. The molecule has 0 spiro atoms.